The van der Waals surface area contributed by atoms with Crippen LogP contribution >= 0.6 is 11.3 Å². The maximum Gasteiger partial charge on any atom is 0.250 e. The molecule has 6 heteroatoms. The molecule has 0 aliphatic heterocycles. The molecule has 114 valence electrons. The van der Waals surface area contributed by atoms with Crippen molar-refractivity contribution in [2.75, 3.05) is 13.2 Å². The topological polar surface area (TPSA) is 66.4 Å². The molecule has 1 aromatic heterocycles. The lowest BCUT2D eigenvalue weighted by atomic mass is 9.87. The van der Waals surface area contributed by atoms with Crippen molar-refractivity contribution in [2.24, 2.45) is 5.92 Å². The molecule has 20 heavy (non-hydrogen) atoms. The van der Waals surface area contributed by atoms with Gasteiger partial charge < -0.3 is 5.11 Å². The highest BCUT2D eigenvalue weighted by atomic mass is 32.2. The van der Waals surface area contributed by atoms with Gasteiger partial charge in [0.15, 0.2) is 0 Å². The van der Waals surface area contributed by atoms with Crippen LogP contribution in [-0.4, -0.2) is 26.7 Å². The quantitative estimate of drug-likeness (QED) is 0.812. The minimum atomic E-state index is -3.37. The van der Waals surface area contributed by atoms with Crippen molar-refractivity contribution in [2.45, 2.75) is 49.2 Å². The molecular weight excluding hydrogens is 294 g/mol. The predicted molar refractivity (Wildman–Crippen MR) is 81.5 cm³/mol. The highest BCUT2D eigenvalue weighted by Crippen LogP contribution is 2.26. The minimum Gasteiger partial charge on any atom is -0.396 e. The third-order valence-electron chi connectivity index (χ3n) is 3.83. The molecule has 0 spiro atoms. The molecule has 1 fully saturated rings. The summed E-state index contributed by atoms with van der Waals surface area (Å²) >= 11 is 1.24. The first-order chi connectivity index (χ1) is 9.62. The van der Waals surface area contributed by atoms with Gasteiger partial charge in [-0.25, -0.2) is 13.1 Å². The third-order valence-corrected chi connectivity index (χ3v) is 6.93. The lowest BCUT2D eigenvalue weighted by Gasteiger charge is -2.21. The van der Waals surface area contributed by atoms with Gasteiger partial charge in [-0.2, -0.15) is 0 Å². The van der Waals surface area contributed by atoms with Crippen LogP contribution in [0.3, 0.4) is 0 Å². The number of hydrogen-bond donors (Lipinski definition) is 2. The van der Waals surface area contributed by atoms with E-state index in [0.717, 1.165) is 11.3 Å². The molecule has 4 nitrogen and oxygen atoms in total. The van der Waals surface area contributed by atoms with E-state index in [4.69, 9.17) is 5.11 Å². The van der Waals surface area contributed by atoms with Gasteiger partial charge in [0.25, 0.3) is 0 Å². The van der Waals surface area contributed by atoms with Crippen LogP contribution in [0.1, 0.15) is 43.4 Å². The summed E-state index contributed by atoms with van der Waals surface area (Å²) in [6, 6.07) is 3.40. The molecule has 0 saturated heterocycles. The Balaban J connectivity index is 1.83. The van der Waals surface area contributed by atoms with Crippen molar-refractivity contribution in [3.8, 4) is 0 Å². The smallest absolute Gasteiger partial charge is 0.250 e. The Kier molecular flexibility index (Phi) is 6.01. The number of nitrogens with one attached hydrogen (secondary N) is 1. The summed E-state index contributed by atoms with van der Waals surface area (Å²) < 4.78 is 27.3. The maximum absolute atomic E-state index is 12.1. The molecule has 1 heterocycles. The van der Waals surface area contributed by atoms with Gasteiger partial charge in [-0.1, -0.05) is 32.1 Å². The van der Waals surface area contributed by atoms with Gasteiger partial charge in [0.1, 0.15) is 4.21 Å². The van der Waals surface area contributed by atoms with Gasteiger partial charge in [0.2, 0.25) is 10.0 Å². The number of hydrogen-bond acceptors (Lipinski definition) is 4. The van der Waals surface area contributed by atoms with Crippen molar-refractivity contribution in [1.82, 2.24) is 4.72 Å². The fourth-order valence-electron chi connectivity index (χ4n) is 2.69. The largest absolute Gasteiger partial charge is 0.396 e. The Bertz CT molecular complexity index is 504. The fourth-order valence-corrected chi connectivity index (χ4v) is 5.13. The van der Waals surface area contributed by atoms with E-state index in [1.54, 1.807) is 12.1 Å². The molecule has 1 saturated carbocycles. The summed E-state index contributed by atoms with van der Waals surface area (Å²) in [5.41, 5.74) is 0. The van der Waals surface area contributed by atoms with Gasteiger partial charge in [-0.3, -0.25) is 0 Å². The van der Waals surface area contributed by atoms with Crippen LogP contribution in [0.25, 0.3) is 0 Å². The van der Waals surface area contributed by atoms with Crippen LogP contribution < -0.4 is 4.72 Å². The highest BCUT2D eigenvalue weighted by Gasteiger charge is 2.18. The van der Waals surface area contributed by atoms with Crippen LogP contribution in [0.5, 0.6) is 0 Å². The monoisotopic (exact) mass is 317 g/mol. The summed E-state index contributed by atoms with van der Waals surface area (Å²) in [4.78, 5) is 0.903. The van der Waals surface area contributed by atoms with Crippen molar-refractivity contribution in [3.63, 3.8) is 0 Å². The van der Waals surface area contributed by atoms with Crippen LogP contribution in [0, 0.1) is 5.92 Å². The molecule has 2 N–H and O–H groups in total. The molecule has 1 aliphatic carbocycles. The van der Waals surface area contributed by atoms with Crippen molar-refractivity contribution < 1.29 is 13.5 Å². The number of sulfonamides is 1. The summed E-state index contributed by atoms with van der Waals surface area (Å²) in [5.74, 6) is 0.680. The fraction of sp³-hybridized carbons (Fsp3) is 0.714. The molecule has 1 aliphatic rings. The van der Waals surface area contributed by atoms with Crippen molar-refractivity contribution in [1.29, 1.82) is 0 Å². The number of aliphatic hydroxyl groups is 1. The van der Waals surface area contributed by atoms with E-state index in [2.05, 4.69) is 4.72 Å². The Morgan fingerprint density at radius 1 is 1.25 bits per heavy atom. The normalized spacial score (nSPS) is 17.4. The van der Waals surface area contributed by atoms with Crippen LogP contribution in [0.2, 0.25) is 0 Å². The first-order valence-corrected chi connectivity index (χ1v) is 9.61. The Hall–Kier alpha value is -0.430. The van der Waals surface area contributed by atoms with Crippen LogP contribution in [0.4, 0.5) is 0 Å². The molecule has 0 unspecified atom stereocenters. The summed E-state index contributed by atoms with van der Waals surface area (Å²) in [6.45, 7) is 0.579. The van der Waals surface area contributed by atoms with Gasteiger partial charge in [0.05, 0.1) is 0 Å². The molecule has 0 atom stereocenters. The maximum atomic E-state index is 12.1. The lowest BCUT2D eigenvalue weighted by molar-refractivity contribution is 0.300. The van der Waals surface area contributed by atoms with Gasteiger partial charge >= 0.3 is 0 Å². The SMILES string of the molecule is O=S(=O)(NCCC1CCCCC1)c1ccc(CCO)s1. The van der Waals surface area contributed by atoms with Crippen molar-refractivity contribution >= 4 is 21.4 Å². The minimum absolute atomic E-state index is 0.0507. The van der Waals surface area contributed by atoms with E-state index in [1.165, 1.54) is 43.4 Å². The van der Waals surface area contributed by atoms with Crippen LogP contribution in [-0.2, 0) is 16.4 Å². The standard InChI is InChI=1S/C14H23NO3S2/c16-11-9-13-6-7-14(19-13)20(17,18)15-10-8-12-4-2-1-3-5-12/h6-7,12,15-16H,1-5,8-11H2. The summed E-state index contributed by atoms with van der Waals surface area (Å²) in [6.07, 6.45) is 7.82. The van der Waals surface area contributed by atoms with E-state index in [9.17, 15) is 8.42 Å². The second-order valence-corrected chi connectivity index (χ2v) is 8.55. The molecule has 0 bridgehead atoms. The first kappa shape index (κ1) is 15.9. The third kappa shape index (κ3) is 4.55. The second kappa shape index (κ2) is 7.54. The lowest BCUT2D eigenvalue weighted by Crippen LogP contribution is -2.26. The second-order valence-electron chi connectivity index (χ2n) is 5.38. The van der Waals surface area contributed by atoms with E-state index in [0.29, 0.717) is 23.1 Å². The van der Waals surface area contributed by atoms with Gasteiger partial charge in [0, 0.05) is 24.4 Å². The molecular formula is C14H23NO3S2. The molecule has 0 aromatic carbocycles. The zero-order chi connectivity index (χ0) is 14.4. The average Bonchev–Trinajstić information content (AvgIpc) is 2.90. The average molecular weight is 317 g/mol. The van der Waals surface area contributed by atoms with Gasteiger partial charge in [-0.05, 0) is 24.5 Å². The number of aliphatic hydroxyl groups excluding tert-OH is 1. The zero-order valence-corrected chi connectivity index (χ0v) is 13.3. The van der Waals surface area contributed by atoms with E-state index >= 15 is 0 Å². The van der Waals surface area contributed by atoms with Gasteiger partial charge in [-0.15, -0.1) is 11.3 Å². The zero-order valence-electron chi connectivity index (χ0n) is 11.7. The molecule has 0 radical (unpaired) electrons. The van der Waals surface area contributed by atoms with E-state index in [-0.39, 0.29) is 6.61 Å². The highest BCUT2D eigenvalue weighted by molar-refractivity contribution is 7.91. The first-order valence-electron chi connectivity index (χ1n) is 7.31. The van der Waals surface area contributed by atoms with Crippen LogP contribution in [0.15, 0.2) is 16.3 Å². The summed E-state index contributed by atoms with van der Waals surface area (Å²) in [7, 11) is -3.37. The molecule has 1 aromatic rings. The molecule has 0 amide bonds. The predicted octanol–water partition coefficient (Wildman–Crippen LogP) is 2.53. The van der Waals surface area contributed by atoms with E-state index in [1.807, 2.05) is 0 Å². The molecule has 2 rings (SSSR count). The Morgan fingerprint density at radius 3 is 2.70 bits per heavy atom. The number of rotatable bonds is 7. The summed E-state index contributed by atoms with van der Waals surface area (Å²) in [5, 5.41) is 8.86. The Morgan fingerprint density at radius 2 is 2.00 bits per heavy atom. The van der Waals surface area contributed by atoms with Crippen molar-refractivity contribution in [3.05, 3.63) is 17.0 Å². The number of thiophene rings is 1. The Labute approximate surface area is 125 Å². The van der Waals surface area contributed by atoms with E-state index < -0.39 is 10.0 Å².